The molecule has 0 atom stereocenters. The number of pyridine rings is 1. The summed E-state index contributed by atoms with van der Waals surface area (Å²) < 4.78 is 2.37. The van der Waals surface area contributed by atoms with Crippen molar-refractivity contribution in [2.75, 3.05) is 0 Å². The van der Waals surface area contributed by atoms with Crippen molar-refractivity contribution < 1.29 is 0 Å². The number of hydrazine groups is 1. The Labute approximate surface area is 147 Å². The lowest BCUT2D eigenvalue weighted by Gasteiger charge is -2.16. The lowest BCUT2D eigenvalue weighted by molar-refractivity contribution is 0.265. The second-order valence-electron chi connectivity index (χ2n) is 6.38. The number of nitrogens with zero attached hydrogens (tertiary/aromatic N) is 3. The van der Waals surface area contributed by atoms with Crippen molar-refractivity contribution in [2.45, 2.75) is 26.6 Å². The molecule has 2 heterocycles. The van der Waals surface area contributed by atoms with Gasteiger partial charge in [-0.2, -0.15) is 0 Å². The Morgan fingerprint density at radius 1 is 0.920 bits per heavy atom. The SMILES string of the molecule is CCn1c2ccccc2c2cc(CN(N)Cc3cccnc3)ccc21. The highest BCUT2D eigenvalue weighted by Gasteiger charge is 2.10. The highest BCUT2D eigenvalue weighted by Crippen LogP contribution is 2.29. The molecule has 0 amide bonds. The van der Waals surface area contributed by atoms with Crippen LogP contribution in [0.15, 0.2) is 67.0 Å². The first-order chi connectivity index (χ1) is 12.3. The van der Waals surface area contributed by atoms with E-state index in [-0.39, 0.29) is 0 Å². The molecule has 0 saturated heterocycles. The highest BCUT2D eigenvalue weighted by atomic mass is 15.4. The van der Waals surface area contributed by atoms with E-state index in [2.05, 4.69) is 58.9 Å². The number of hydrogen-bond acceptors (Lipinski definition) is 3. The zero-order valence-corrected chi connectivity index (χ0v) is 14.4. The molecule has 4 heteroatoms. The maximum atomic E-state index is 6.23. The average Bonchev–Trinajstić information content (AvgIpc) is 2.95. The van der Waals surface area contributed by atoms with Crippen LogP contribution in [0, 0.1) is 0 Å². The maximum absolute atomic E-state index is 6.23. The fourth-order valence-corrected chi connectivity index (χ4v) is 3.56. The quantitative estimate of drug-likeness (QED) is 0.443. The molecule has 2 aromatic heterocycles. The van der Waals surface area contributed by atoms with Crippen molar-refractivity contribution in [1.82, 2.24) is 14.6 Å². The molecule has 4 aromatic rings. The Kier molecular flexibility index (Phi) is 4.22. The number of para-hydroxylation sites is 1. The summed E-state index contributed by atoms with van der Waals surface area (Å²) in [5, 5.41) is 4.43. The average molecular weight is 330 g/mol. The minimum atomic E-state index is 0.683. The van der Waals surface area contributed by atoms with Crippen LogP contribution < -0.4 is 5.84 Å². The molecular formula is C21H22N4. The molecule has 0 aliphatic carbocycles. The van der Waals surface area contributed by atoms with Crippen LogP contribution in [0.1, 0.15) is 18.1 Å². The fourth-order valence-electron chi connectivity index (χ4n) is 3.56. The first kappa shape index (κ1) is 15.8. The number of benzene rings is 2. The Bertz CT molecular complexity index is 1000. The summed E-state index contributed by atoms with van der Waals surface area (Å²) in [6.07, 6.45) is 3.64. The van der Waals surface area contributed by atoms with E-state index in [1.165, 1.54) is 27.4 Å². The van der Waals surface area contributed by atoms with E-state index >= 15 is 0 Å². The number of rotatable bonds is 5. The number of aromatic nitrogens is 2. The minimum absolute atomic E-state index is 0.683. The minimum Gasteiger partial charge on any atom is -0.341 e. The second-order valence-corrected chi connectivity index (χ2v) is 6.38. The van der Waals surface area contributed by atoms with Gasteiger partial charge in [-0.3, -0.25) is 10.8 Å². The third kappa shape index (κ3) is 3.02. The summed E-state index contributed by atoms with van der Waals surface area (Å²) in [7, 11) is 0. The molecule has 0 bridgehead atoms. The summed E-state index contributed by atoms with van der Waals surface area (Å²) in [5.74, 6) is 6.23. The van der Waals surface area contributed by atoms with Gasteiger partial charge in [0, 0.05) is 53.8 Å². The Hall–Kier alpha value is -2.69. The number of nitrogens with two attached hydrogens (primary N) is 1. The molecule has 0 saturated carbocycles. The maximum Gasteiger partial charge on any atom is 0.0491 e. The van der Waals surface area contributed by atoms with E-state index in [1.54, 1.807) is 6.20 Å². The standard InChI is InChI=1S/C21H22N4/c1-2-25-20-8-4-3-7-18(20)19-12-16(9-10-21(19)25)14-24(22)15-17-6-5-11-23-13-17/h3-13H,2,14-15,22H2,1H3. The molecule has 0 unspecified atom stereocenters. The van der Waals surface area contributed by atoms with Crippen LogP contribution in [0.5, 0.6) is 0 Å². The predicted molar refractivity (Wildman–Crippen MR) is 103 cm³/mol. The van der Waals surface area contributed by atoms with Crippen molar-refractivity contribution >= 4 is 21.8 Å². The van der Waals surface area contributed by atoms with Crippen molar-refractivity contribution in [3.05, 3.63) is 78.1 Å². The molecule has 0 fully saturated rings. The van der Waals surface area contributed by atoms with Crippen LogP contribution >= 0.6 is 0 Å². The fraction of sp³-hybridized carbons (Fsp3) is 0.190. The molecule has 4 rings (SSSR count). The molecule has 25 heavy (non-hydrogen) atoms. The van der Waals surface area contributed by atoms with Gasteiger partial charge in [0.1, 0.15) is 0 Å². The molecule has 2 aromatic carbocycles. The lowest BCUT2D eigenvalue weighted by Crippen LogP contribution is -2.29. The predicted octanol–water partition coefficient (Wildman–Crippen LogP) is 4.09. The molecule has 0 radical (unpaired) electrons. The first-order valence-electron chi connectivity index (χ1n) is 8.64. The van der Waals surface area contributed by atoms with Gasteiger partial charge in [0.2, 0.25) is 0 Å². The first-order valence-corrected chi connectivity index (χ1v) is 8.64. The zero-order valence-electron chi connectivity index (χ0n) is 14.4. The molecular weight excluding hydrogens is 308 g/mol. The van der Waals surface area contributed by atoms with Gasteiger partial charge >= 0.3 is 0 Å². The molecule has 0 aliphatic heterocycles. The topological polar surface area (TPSA) is 47.1 Å². The van der Waals surface area contributed by atoms with Gasteiger partial charge in [-0.05, 0) is 42.3 Å². The second kappa shape index (κ2) is 6.67. The van der Waals surface area contributed by atoms with Crippen LogP contribution in [0.25, 0.3) is 21.8 Å². The summed E-state index contributed by atoms with van der Waals surface area (Å²) in [5.41, 5.74) is 4.91. The van der Waals surface area contributed by atoms with E-state index in [0.29, 0.717) is 13.1 Å². The van der Waals surface area contributed by atoms with E-state index in [9.17, 15) is 0 Å². The third-order valence-corrected chi connectivity index (χ3v) is 4.65. The highest BCUT2D eigenvalue weighted by molar-refractivity contribution is 6.08. The van der Waals surface area contributed by atoms with Crippen molar-refractivity contribution in [3.8, 4) is 0 Å². The summed E-state index contributed by atoms with van der Waals surface area (Å²) in [6, 6.07) is 19.2. The van der Waals surface area contributed by atoms with Crippen LogP contribution in [0.2, 0.25) is 0 Å². The van der Waals surface area contributed by atoms with Crippen LogP contribution in [0.4, 0.5) is 0 Å². The van der Waals surface area contributed by atoms with Crippen LogP contribution in [-0.4, -0.2) is 14.6 Å². The van der Waals surface area contributed by atoms with Gasteiger partial charge in [-0.15, -0.1) is 0 Å². The molecule has 2 N–H and O–H groups in total. The van der Waals surface area contributed by atoms with Crippen LogP contribution in [0.3, 0.4) is 0 Å². The third-order valence-electron chi connectivity index (χ3n) is 4.65. The van der Waals surface area contributed by atoms with E-state index in [1.807, 2.05) is 23.3 Å². The Balaban J connectivity index is 1.66. The van der Waals surface area contributed by atoms with Gasteiger partial charge < -0.3 is 4.57 Å². The van der Waals surface area contributed by atoms with Gasteiger partial charge in [0.15, 0.2) is 0 Å². The lowest BCUT2D eigenvalue weighted by atomic mass is 10.1. The smallest absolute Gasteiger partial charge is 0.0491 e. The monoisotopic (exact) mass is 330 g/mol. The number of aryl methyl sites for hydroxylation is 1. The Morgan fingerprint density at radius 3 is 2.52 bits per heavy atom. The summed E-state index contributed by atoms with van der Waals surface area (Å²) in [6.45, 7) is 4.54. The largest absolute Gasteiger partial charge is 0.341 e. The van der Waals surface area contributed by atoms with Crippen LogP contribution in [-0.2, 0) is 19.6 Å². The van der Waals surface area contributed by atoms with E-state index < -0.39 is 0 Å². The van der Waals surface area contributed by atoms with Gasteiger partial charge in [-0.1, -0.05) is 30.3 Å². The molecule has 126 valence electrons. The van der Waals surface area contributed by atoms with Crippen molar-refractivity contribution in [3.63, 3.8) is 0 Å². The normalized spacial score (nSPS) is 11.6. The molecule has 0 spiro atoms. The van der Waals surface area contributed by atoms with Crippen molar-refractivity contribution in [2.24, 2.45) is 5.84 Å². The van der Waals surface area contributed by atoms with E-state index in [0.717, 1.165) is 12.1 Å². The molecule has 4 nitrogen and oxygen atoms in total. The number of hydrogen-bond donors (Lipinski definition) is 1. The van der Waals surface area contributed by atoms with Crippen molar-refractivity contribution in [1.29, 1.82) is 0 Å². The zero-order chi connectivity index (χ0) is 17.2. The summed E-state index contributed by atoms with van der Waals surface area (Å²) >= 11 is 0. The van der Waals surface area contributed by atoms with Gasteiger partial charge in [0.25, 0.3) is 0 Å². The molecule has 0 aliphatic rings. The Morgan fingerprint density at radius 2 is 1.72 bits per heavy atom. The van der Waals surface area contributed by atoms with Gasteiger partial charge in [0.05, 0.1) is 0 Å². The van der Waals surface area contributed by atoms with Gasteiger partial charge in [-0.25, -0.2) is 5.01 Å². The van der Waals surface area contributed by atoms with E-state index in [4.69, 9.17) is 5.84 Å². The summed E-state index contributed by atoms with van der Waals surface area (Å²) in [4.78, 5) is 4.15. The number of fused-ring (bicyclic) bond motifs is 3.